The molecule has 0 unspecified atom stereocenters. The SMILES string of the molecule is CC(C)(C#N)c1ccc(-c2n[nH]c3cnc4ccc(-c5cccnc5)cc4c23)cc1. The average Bonchev–Trinajstić information content (AvgIpc) is 3.24. The standard InChI is InChI=1S/C25H19N5/c1-25(2,15-26)19-8-5-16(6-9-19)24-23-20-12-17(18-4-3-11-27-13-18)7-10-21(20)28-14-22(23)29-30-24/h3-14H,1-2H3,(H,29,30). The Bertz CT molecular complexity index is 1410. The fourth-order valence-electron chi connectivity index (χ4n) is 3.74. The smallest absolute Gasteiger partial charge is 0.101 e. The summed E-state index contributed by atoms with van der Waals surface area (Å²) in [5.74, 6) is 0. The number of H-pyrrole nitrogens is 1. The molecule has 0 fully saturated rings. The van der Waals surface area contributed by atoms with Crippen LogP contribution in [0.5, 0.6) is 0 Å². The Labute approximate surface area is 174 Å². The lowest BCUT2D eigenvalue weighted by Gasteiger charge is -2.15. The second-order valence-electron chi connectivity index (χ2n) is 7.91. The van der Waals surface area contributed by atoms with Crippen molar-refractivity contribution >= 4 is 21.8 Å². The maximum absolute atomic E-state index is 9.40. The molecule has 0 amide bonds. The first-order valence-electron chi connectivity index (χ1n) is 9.76. The molecular weight excluding hydrogens is 370 g/mol. The van der Waals surface area contributed by atoms with Crippen molar-refractivity contribution in [2.24, 2.45) is 0 Å². The van der Waals surface area contributed by atoms with Crippen LogP contribution in [0, 0.1) is 11.3 Å². The van der Waals surface area contributed by atoms with Crippen LogP contribution in [-0.2, 0) is 5.41 Å². The lowest BCUT2D eigenvalue weighted by molar-refractivity contribution is 0.687. The van der Waals surface area contributed by atoms with Gasteiger partial charge in [0.2, 0.25) is 0 Å². The molecule has 0 radical (unpaired) electrons. The molecule has 0 atom stereocenters. The van der Waals surface area contributed by atoms with E-state index in [4.69, 9.17) is 0 Å². The quantitative estimate of drug-likeness (QED) is 0.433. The zero-order chi connectivity index (χ0) is 20.7. The van der Waals surface area contributed by atoms with E-state index in [1.54, 1.807) is 6.20 Å². The summed E-state index contributed by atoms with van der Waals surface area (Å²) in [7, 11) is 0. The van der Waals surface area contributed by atoms with E-state index in [1.807, 2.05) is 68.7 Å². The fraction of sp³-hybridized carbons (Fsp3) is 0.120. The normalized spacial score (nSPS) is 11.6. The zero-order valence-corrected chi connectivity index (χ0v) is 16.7. The maximum Gasteiger partial charge on any atom is 0.101 e. The van der Waals surface area contributed by atoms with Gasteiger partial charge in [0, 0.05) is 34.3 Å². The first-order valence-corrected chi connectivity index (χ1v) is 9.76. The summed E-state index contributed by atoms with van der Waals surface area (Å²) in [6.45, 7) is 3.84. The van der Waals surface area contributed by atoms with Crippen molar-refractivity contribution in [2.45, 2.75) is 19.3 Å². The van der Waals surface area contributed by atoms with Crippen LogP contribution in [0.2, 0.25) is 0 Å². The number of nitrogens with zero attached hydrogens (tertiary/aromatic N) is 4. The van der Waals surface area contributed by atoms with Crippen LogP contribution >= 0.6 is 0 Å². The summed E-state index contributed by atoms with van der Waals surface area (Å²) in [6, 6.07) is 20.7. The van der Waals surface area contributed by atoms with Gasteiger partial charge in [0.15, 0.2) is 0 Å². The second-order valence-corrected chi connectivity index (χ2v) is 7.91. The molecule has 0 saturated heterocycles. The van der Waals surface area contributed by atoms with E-state index >= 15 is 0 Å². The third-order valence-electron chi connectivity index (χ3n) is 5.55. The van der Waals surface area contributed by atoms with Crippen LogP contribution in [0.15, 0.2) is 73.2 Å². The van der Waals surface area contributed by atoms with Crippen LogP contribution in [0.25, 0.3) is 44.2 Å². The molecule has 2 aromatic carbocycles. The number of nitrogens with one attached hydrogen (secondary N) is 1. The first-order chi connectivity index (χ1) is 14.6. The number of hydrogen-bond acceptors (Lipinski definition) is 4. The Morgan fingerprint density at radius 3 is 2.47 bits per heavy atom. The van der Waals surface area contributed by atoms with Gasteiger partial charge in [0.05, 0.1) is 28.7 Å². The van der Waals surface area contributed by atoms with E-state index in [1.165, 1.54) is 0 Å². The number of benzene rings is 2. The number of fused-ring (bicyclic) bond motifs is 3. The van der Waals surface area contributed by atoms with Crippen molar-refractivity contribution in [1.82, 2.24) is 20.2 Å². The van der Waals surface area contributed by atoms with Gasteiger partial charge in [-0.05, 0) is 43.2 Å². The van der Waals surface area contributed by atoms with Crippen molar-refractivity contribution in [3.8, 4) is 28.5 Å². The fourth-order valence-corrected chi connectivity index (χ4v) is 3.74. The average molecular weight is 389 g/mol. The molecule has 0 spiro atoms. The molecule has 0 bridgehead atoms. The number of hydrogen-bond donors (Lipinski definition) is 1. The van der Waals surface area contributed by atoms with E-state index in [9.17, 15) is 5.26 Å². The lowest BCUT2D eigenvalue weighted by Crippen LogP contribution is -2.13. The van der Waals surface area contributed by atoms with E-state index in [0.29, 0.717) is 0 Å². The highest BCUT2D eigenvalue weighted by Gasteiger charge is 2.20. The van der Waals surface area contributed by atoms with Gasteiger partial charge in [-0.3, -0.25) is 15.1 Å². The number of rotatable bonds is 3. The van der Waals surface area contributed by atoms with Crippen LogP contribution in [0.3, 0.4) is 0 Å². The highest BCUT2D eigenvalue weighted by Crippen LogP contribution is 2.34. The van der Waals surface area contributed by atoms with E-state index < -0.39 is 5.41 Å². The molecule has 5 aromatic rings. The third-order valence-corrected chi connectivity index (χ3v) is 5.55. The minimum absolute atomic E-state index is 0.526. The number of aromatic nitrogens is 4. The largest absolute Gasteiger partial charge is 0.276 e. The van der Waals surface area contributed by atoms with Crippen LogP contribution in [0.1, 0.15) is 19.4 Å². The summed E-state index contributed by atoms with van der Waals surface area (Å²) >= 11 is 0. The molecule has 5 rings (SSSR count). The predicted molar refractivity (Wildman–Crippen MR) is 119 cm³/mol. The van der Waals surface area contributed by atoms with Crippen LogP contribution in [-0.4, -0.2) is 20.2 Å². The second kappa shape index (κ2) is 6.78. The van der Waals surface area contributed by atoms with Gasteiger partial charge in [-0.25, -0.2) is 0 Å². The highest BCUT2D eigenvalue weighted by molar-refractivity contribution is 6.11. The van der Waals surface area contributed by atoms with Crippen LogP contribution in [0.4, 0.5) is 0 Å². The Morgan fingerprint density at radius 2 is 1.73 bits per heavy atom. The van der Waals surface area contributed by atoms with Crippen molar-refractivity contribution in [2.75, 3.05) is 0 Å². The molecule has 5 heteroatoms. The Morgan fingerprint density at radius 1 is 0.933 bits per heavy atom. The van der Waals surface area contributed by atoms with Crippen molar-refractivity contribution in [1.29, 1.82) is 5.26 Å². The highest BCUT2D eigenvalue weighted by atomic mass is 15.1. The van der Waals surface area contributed by atoms with Gasteiger partial charge >= 0.3 is 0 Å². The van der Waals surface area contributed by atoms with Gasteiger partial charge in [0.1, 0.15) is 5.69 Å². The molecule has 3 heterocycles. The van der Waals surface area contributed by atoms with E-state index in [0.717, 1.165) is 49.8 Å². The molecular formula is C25H19N5. The molecule has 5 nitrogen and oxygen atoms in total. The topological polar surface area (TPSA) is 78.2 Å². The molecule has 0 aliphatic heterocycles. The third kappa shape index (κ3) is 2.90. The summed E-state index contributed by atoms with van der Waals surface area (Å²) in [5, 5.41) is 19.2. The minimum atomic E-state index is -0.526. The summed E-state index contributed by atoms with van der Waals surface area (Å²) in [4.78, 5) is 8.82. The minimum Gasteiger partial charge on any atom is -0.276 e. The first kappa shape index (κ1) is 18.0. The molecule has 1 N–H and O–H groups in total. The summed E-state index contributed by atoms with van der Waals surface area (Å²) < 4.78 is 0. The summed E-state index contributed by atoms with van der Waals surface area (Å²) in [6.07, 6.45) is 5.46. The lowest BCUT2D eigenvalue weighted by atomic mass is 9.86. The summed E-state index contributed by atoms with van der Waals surface area (Å²) in [5.41, 5.74) is 6.29. The maximum atomic E-state index is 9.40. The van der Waals surface area contributed by atoms with Gasteiger partial charge < -0.3 is 0 Å². The molecule has 0 saturated carbocycles. The Kier molecular flexibility index (Phi) is 4.07. The van der Waals surface area contributed by atoms with Crippen molar-refractivity contribution in [3.05, 3.63) is 78.8 Å². The molecule has 0 aliphatic carbocycles. The van der Waals surface area contributed by atoms with Crippen molar-refractivity contribution in [3.63, 3.8) is 0 Å². The number of nitriles is 1. The Balaban J connectivity index is 1.70. The van der Waals surface area contributed by atoms with E-state index in [2.05, 4.69) is 38.4 Å². The van der Waals surface area contributed by atoms with Gasteiger partial charge in [0.25, 0.3) is 0 Å². The molecule has 144 valence electrons. The zero-order valence-electron chi connectivity index (χ0n) is 16.7. The van der Waals surface area contributed by atoms with E-state index in [-0.39, 0.29) is 0 Å². The molecule has 30 heavy (non-hydrogen) atoms. The Hall–Kier alpha value is -4.04. The van der Waals surface area contributed by atoms with Gasteiger partial charge in [-0.15, -0.1) is 0 Å². The molecule has 0 aliphatic rings. The predicted octanol–water partition coefficient (Wildman–Crippen LogP) is 5.64. The van der Waals surface area contributed by atoms with Crippen molar-refractivity contribution < 1.29 is 0 Å². The van der Waals surface area contributed by atoms with Crippen LogP contribution < -0.4 is 0 Å². The number of aromatic amines is 1. The number of pyridine rings is 2. The molecule has 3 aromatic heterocycles. The van der Waals surface area contributed by atoms with Gasteiger partial charge in [-0.1, -0.05) is 36.4 Å². The van der Waals surface area contributed by atoms with Gasteiger partial charge in [-0.2, -0.15) is 10.4 Å². The monoisotopic (exact) mass is 389 g/mol.